The van der Waals surface area contributed by atoms with Crippen molar-refractivity contribution in [1.82, 2.24) is 19.8 Å². The molecule has 1 unspecified atom stereocenters. The van der Waals surface area contributed by atoms with E-state index in [1.807, 2.05) is 36.8 Å². The van der Waals surface area contributed by atoms with Gasteiger partial charge in [-0.25, -0.2) is 0 Å². The lowest BCUT2D eigenvalue weighted by Gasteiger charge is -2.58. The van der Waals surface area contributed by atoms with Crippen LogP contribution in [0, 0.1) is 5.92 Å². The van der Waals surface area contributed by atoms with Gasteiger partial charge < -0.3 is 4.74 Å². The molecule has 0 aliphatic carbocycles. The van der Waals surface area contributed by atoms with Crippen molar-refractivity contribution in [3.05, 3.63) is 60.2 Å². The second-order valence-corrected chi connectivity index (χ2v) is 7.84. The molecule has 2 aromatic rings. The number of likely N-dealkylation sites (tertiary alicyclic amines) is 2. The lowest BCUT2D eigenvalue weighted by Crippen LogP contribution is -2.71. The molecule has 0 radical (unpaired) electrons. The highest BCUT2D eigenvalue weighted by Gasteiger charge is 2.49. The van der Waals surface area contributed by atoms with Gasteiger partial charge in [0.05, 0.1) is 12.3 Å². The van der Waals surface area contributed by atoms with Crippen LogP contribution >= 0.6 is 0 Å². The highest BCUT2D eigenvalue weighted by atomic mass is 16.5. The molecule has 0 N–H and O–H groups in total. The summed E-state index contributed by atoms with van der Waals surface area (Å²) in [6.07, 6.45) is 8.00. The maximum atomic E-state index is 6.01. The van der Waals surface area contributed by atoms with Crippen molar-refractivity contribution in [2.75, 3.05) is 33.3 Å². The van der Waals surface area contributed by atoms with Crippen LogP contribution in [-0.4, -0.2) is 58.6 Å². The lowest BCUT2D eigenvalue weighted by atomic mass is 9.75. The minimum Gasteiger partial charge on any atom is -0.376 e. The maximum absolute atomic E-state index is 6.01. The van der Waals surface area contributed by atoms with E-state index in [1.54, 1.807) is 0 Å². The third kappa shape index (κ3) is 3.95. The summed E-state index contributed by atoms with van der Waals surface area (Å²) >= 11 is 0. The Hall–Kier alpha value is -1.82. The molecule has 4 heterocycles. The standard InChI is InChI=1S/C21H28N4O/c1-24-11-7-19(15-26-14-18-5-9-22-10-6-18)12-21(24)16-25(17-21)13-20-4-2-3-8-23-20/h2-6,8-10,19H,7,11-17H2,1H3. The molecule has 2 aliphatic heterocycles. The SMILES string of the molecule is CN1CCC(COCc2ccncc2)CC12CN(Cc1ccccn1)C2. The number of hydrogen-bond acceptors (Lipinski definition) is 5. The first-order chi connectivity index (χ1) is 12.7. The molecule has 2 saturated heterocycles. The van der Waals surface area contributed by atoms with Gasteiger partial charge >= 0.3 is 0 Å². The van der Waals surface area contributed by atoms with Crippen molar-refractivity contribution in [1.29, 1.82) is 0 Å². The second-order valence-electron chi connectivity index (χ2n) is 7.84. The minimum absolute atomic E-state index is 0.331. The van der Waals surface area contributed by atoms with E-state index in [9.17, 15) is 0 Å². The highest BCUT2D eigenvalue weighted by Crippen LogP contribution is 2.38. The molecule has 1 atom stereocenters. The summed E-state index contributed by atoms with van der Waals surface area (Å²) in [5, 5.41) is 0. The molecular formula is C21H28N4O. The fourth-order valence-electron chi connectivity index (χ4n) is 4.36. The van der Waals surface area contributed by atoms with E-state index in [1.165, 1.54) is 24.9 Å². The number of nitrogens with zero attached hydrogens (tertiary/aromatic N) is 4. The topological polar surface area (TPSA) is 41.5 Å². The van der Waals surface area contributed by atoms with Gasteiger partial charge in [-0.2, -0.15) is 0 Å². The zero-order chi connectivity index (χ0) is 17.8. The highest BCUT2D eigenvalue weighted by molar-refractivity contribution is 5.10. The quantitative estimate of drug-likeness (QED) is 0.799. The third-order valence-corrected chi connectivity index (χ3v) is 5.87. The Bertz CT molecular complexity index is 688. The predicted molar refractivity (Wildman–Crippen MR) is 101 cm³/mol. The van der Waals surface area contributed by atoms with Gasteiger partial charge in [0.1, 0.15) is 0 Å². The lowest BCUT2D eigenvalue weighted by molar-refractivity contribution is -0.0939. The zero-order valence-electron chi connectivity index (χ0n) is 15.6. The van der Waals surface area contributed by atoms with E-state index in [2.05, 4.69) is 38.9 Å². The smallest absolute Gasteiger partial charge is 0.0718 e. The summed E-state index contributed by atoms with van der Waals surface area (Å²) in [5.41, 5.74) is 2.70. The van der Waals surface area contributed by atoms with Gasteiger partial charge in [-0.3, -0.25) is 19.8 Å². The summed E-state index contributed by atoms with van der Waals surface area (Å²) in [6, 6.07) is 10.2. The summed E-state index contributed by atoms with van der Waals surface area (Å²) in [7, 11) is 2.28. The van der Waals surface area contributed by atoms with Gasteiger partial charge in [0.25, 0.3) is 0 Å². The summed E-state index contributed by atoms with van der Waals surface area (Å²) in [5.74, 6) is 0.657. The molecule has 0 amide bonds. The summed E-state index contributed by atoms with van der Waals surface area (Å²) in [4.78, 5) is 13.6. The van der Waals surface area contributed by atoms with Gasteiger partial charge in [-0.15, -0.1) is 0 Å². The molecular weight excluding hydrogens is 324 g/mol. The fourth-order valence-corrected chi connectivity index (χ4v) is 4.36. The van der Waals surface area contributed by atoms with E-state index < -0.39 is 0 Å². The molecule has 2 fully saturated rings. The van der Waals surface area contributed by atoms with Gasteiger partial charge in [-0.1, -0.05) is 6.07 Å². The number of ether oxygens (including phenoxy) is 1. The van der Waals surface area contributed by atoms with Gasteiger partial charge in [0.15, 0.2) is 0 Å². The van der Waals surface area contributed by atoms with E-state index in [-0.39, 0.29) is 0 Å². The van der Waals surface area contributed by atoms with Crippen LogP contribution in [0.25, 0.3) is 0 Å². The number of piperidine rings is 1. The number of rotatable bonds is 6. The Morgan fingerprint density at radius 2 is 2.00 bits per heavy atom. The molecule has 5 nitrogen and oxygen atoms in total. The van der Waals surface area contributed by atoms with Crippen LogP contribution in [-0.2, 0) is 17.9 Å². The van der Waals surface area contributed by atoms with Gasteiger partial charge in [0, 0.05) is 50.4 Å². The fraction of sp³-hybridized carbons (Fsp3) is 0.524. The number of pyridine rings is 2. The van der Waals surface area contributed by atoms with E-state index in [0.29, 0.717) is 18.1 Å². The molecule has 4 rings (SSSR count). The molecule has 26 heavy (non-hydrogen) atoms. The van der Waals surface area contributed by atoms with Gasteiger partial charge in [0.2, 0.25) is 0 Å². The van der Waals surface area contributed by atoms with Crippen LogP contribution in [0.5, 0.6) is 0 Å². The van der Waals surface area contributed by atoms with Crippen molar-refractivity contribution in [2.45, 2.75) is 31.5 Å². The Balaban J connectivity index is 1.26. The second kappa shape index (κ2) is 7.82. The Morgan fingerprint density at radius 1 is 1.15 bits per heavy atom. The Kier molecular flexibility index (Phi) is 5.29. The van der Waals surface area contributed by atoms with Crippen molar-refractivity contribution in [2.24, 2.45) is 5.92 Å². The average molecular weight is 352 g/mol. The zero-order valence-corrected chi connectivity index (χ0v) is 15.6. The van der Waals surface area contributed by atoms with Gasteiger partial charge in [-0.05, 0) is 62.2 Å². The maximum Gasteiger partial charge on any atom is 0.0718 e. The first-order valence-electron chi connectivity index (χ1n) is 9.54. The van der Waals surface area contributed by atoms with Crippen LogP contribution in [0.15, 0.2) is 48.9 Å². The monoisotopic (exact) mass is 352 g/mol. The first-order valence-corrected chi connectivity index (χ1v) is 9.54. The molecule has 0 aromatic carbocycles. The van der Waals surface area contributed by atoms with Crippen LogP contribution < -0.4 is 0 Å². The summed E-state index contributed by atoms with van der Waals surface area (Å²) in [6.45, 7) is 5.95. The molecule has 0 bridgehead atoms. The molecule has 2 aliphatic rings. The van der Waals surface area contributed by atoms with E-state index >= 15 is 0 Å². The van der Waals surface area contributed by atoms with Crippen LogP contribution in [0.1, 0.15) is 24.1 Å². The van der Waals surface area contributed by atoms with E-state index in [0.717, 1.165) is 31.9 Å². The number of aromatic nitrogens is 2. The number of hydrogen-bond donors (Lipinski definition) is 0. The van der Waals surface area contributed by atoms with E-state index in [4.69, 9.17) is 4.74 Å². The van der Waals surface area contributed by atoms with Crippen molar-refractivity contribution in [3.8, 4) is 0 Å². The average Bonchev–Trinajstić information content (AvgIpc) is 2.65. The van der Waals surface area contributed by atoms with Crippen LogP contribution in [0.2, 0.25) is 0 Å². The summed E-state index contributed by atoms with van der Waals surface area (Å²) < 4.78 is 6.01. The Labute approximate surface area is 156 Å². The molecule has 2 aromatic heterocycles. The number of likely N-dealkylation sites (N-methyl/N-ethyl adjacent to an activating group) is 1. The first kappa shape index (κ1) is 17.6. The minimum atomic E-state index is 0.331. The van der Waals surface area contributed by atoms with Crippen LogP contribution in [0.3, 0.4) is 0 Å². The third-order valence-electron chi connectivity index (χ3n) is 5.87. The van der Waals surface area contributed by atoms with Crippen LogP contribution in [0.4, 0.5) is 0 Å². The normalized spacial score (nSPS) is 23.0. The molecule has 0 saturated carbocycles. The molecule has 1 spiro atoms. The predicted octanol–water partition coefficient (Wildman–Crippen LogP) is 2.59. The Morgan fingerprint density at radius 3 is 2.77 bits per heavy atom. The molecule has 5 heteroatoms. The van der Waals surface area contributed by atoms with Crippen molar-refractivity contribution >= 4 is 0 Å². The molecule has 138 valence electrons. The van der Waals surface area contributed by atoms with Crippen molar-refractivity contribution < 1.29 is 4.74 Å². The van der Waals surface area contributed by atoms with Crippen molar-refractivity contribution in [3.63, 3.8) is 0 Å². The largest absolute Gasteiger partial charge is 0.376 e.